The van der Waals surface area contributed by atoms with Gasteiger partial charge in [0, 0.05) is 6.04 Å². The minimum absolute atomic E-state index is 0.00333. The van der Waals surface area contributed by atoms with Gasteiger partial charge in [0.2, 0.25) is 0 Å². The van der Waals surface area contributed by atoms with Crippen molar-refractivity contribution in [1.29, 1.82) is 5.26 Å². The molecule has 0 bridgehead atoms. The van der Waals surface area contributed by atoms with Crippen LogP contribution in [0.25, 0.3) is 6.08 Å². The SMILES string of the molecule is CCCCOc1ccc(/C=C(/C#N)C(=O)NC(C)C)cc1. The standard InChI is InChI=1S/C17H22N2O2/c1-4-5-10-21-16-8-6-14(7-9-16)11-15(12-18)17(20)19-13(2)3/h6-9,11,13H,4-5,10H2,1-3H3,(H,19,20)/b15-11-. The Labute approximate surface area is 126 Å². The lowest BCUT2D eigenvalue weighted by Crippen LogP contribution is -2.30. The number of unbranched alkanes of at least 4 members (excludes halogenated alkanes) is 1. The highest BCUT2D eigenvalue weighted by molar-refractivity contribution is 6.01. The zero-order valence-electron chi connectivity index (χ0n) is 12.8. The molecule has 1 rings (SSSR count). The smallest absolute Gasteiger partial charge is 0.262 e. The number of nitrogens with zero attached hydrogens (tertiary/aromatic N) is 1. The Morgan fingerprint density at radius 2 is 2.05 bits per heavy atom. The molecule has 21 heavy (non-hydrogen) atoms. The number of hydrogen-bond donors (Lipinski definition) is 1. The van der Waals surface area contributed by atoms with Crippen LogP contribution in [0.5, 0.6) is 5.75 Å². The number of hydrogen-bond acceptors (Lipinski definition) is 3. The van der Waals surface area contributed by atoms with Crippen molar-refractivity contribution in [2.24, 2.45) is 0 Å². The minimum atomic E-state index is -0.351. The number of nitrogens with one attached hydrogen (secondary N) is 1. The van der Waals surface area contributed by atoms with Crippen molar-refractivity contribution >= 4 is 12.0 Å². The van der Waals surface area contributed by atoms with Gasteiger partial charge in [0.05, 0.1) is 6.61 Å². The topological polar surface area (TPSA) is 62.1 Å². The van der Waals surface area contributed by atoms with Crippen molar-refractivity contribution in [3.05, 3.63) is 35.4 Å². The van der Waals surface area contributed by atoms with Gasteiger partial charge < -0.3 is 10.1 Å². The van der Waals surface area contributed by atoms with E-state index in [2.05, 4.69) is 12.2 Å². The number of rotatable bonds is 7. The Bertz CT molecular complexity index is 525. The van der Waals surface area contributed by atoms with E-state index in [0.717, 1.165) is 24.2 Å². The molecule has 0 aliphatic carbocycles. The van der Waals surface area contributed by atoms with Crippen LogP contribution in [0.3, 0.4) is 0 Å². The van der Waals surface area contributed by atoms with Crippen molar-refractivity contribution in [3.8, 4) is 11.8 Å². The predicted octanol–water partition coefficient (Wildman–Crippen LogP) is 3.30. The summed E-state index contributed by atoms with van der Waals surface area (Å²) in [5, 5.41) is 11.8. The van der Waals surface area contributed by atoms with E-state index in [1.165, 1.54) is 0 Å². The van der Waals surface area contributed by atoms with Gasteiger partial charge in [0.15, 0.2) is 0 Å². The van der Waals surface area contributed by atoms with Crippen molar-refractivity contribution in [2.45, 2.75) is 39.7 Å². The van der Waals surface area contributed by atoms with Crippen molar-refractivity contribution in [2.75, 3.05) is 6.61 Å². The second kappa shape index (κ2) is 8.80. The van der Waals surface area contributed by atoms with Gasteiger partial charge in [-0.2, -0.15) is 5.26 Å². The molecule has 1 amide bonds. The van der Waals surface area contributed by atoms with Gasteiger partial charge in [-0.25, -0.2) is 0 Å². The lowest BCUT2D eigenvalue weighted by atomic mass is 10.1. The monoisotopic (exact) mass is 286 g/mol. The first kappa shape index (κ1) is 16.8. The number of carbonyl (C=O) groups excluding carboxylic acids is 1. The summed E-state index contributed by atoms with van der Waals surface area (Å²) >= 11 is 0. The van der Waals surface area contributed by atoms with Gasteiger partial charge in [-0.15, -0.1) is 0 Å². The predicted molar refractivity (Wildman–Crippen MR) is 83.7 cm³/mol. The molecule has 0 saturated carbocycles. The van der Waals surface area contributed by atoms with Gasteiger partial charge in [-0.05, 0) is 44.0 Å². The second-order valence-electron chi connectivity index (χ2n) is 5.07. The van der Waals surface area contributed by atoms with E-state index in [-0.39, 0.29) is 17.5 Å². The molecule has 0 aromatic heterocycles. The number of amides is 1. The Hall–Kier alpha value is -2.28. The van der Waals surface area contributed by atoms with Crippen molar-refractivity contribution in [1.82, 2.24) is 5.32 Å². The van der Waals surface area contributed by atoms with Crippen LogP contribution in [0.1, 0.15) is 39.2 Å². The molecular formula is C17H22N2O2. The van der Waals surface area contributed by atoms with E-state index in [1.54, 1.807) is 6.08 Å². The first-order chi connectivity index (χ1) is 10.1. The summed E-state index contributed by atoms with van der Waals surface area (Å²) in [4.78, 5) is 11.8. The zero-order valence-corrected chi connectivity index (χ0v) is 12.8. The molecule has 0 saturated heterocycles. The highest BCUT2D eigenvalue weighted by atomic mass is 16.5. The molecule has 4 nitrogen and oxygen atoms in total. The summed E-state index contributed by atoms with van der Waals surface area (Å²) in [5.74, 6) is 0.446. The summed E-state index contributed by atoms with van der Waals surface area (Å²) in [7, 11) is 0. The first-order valence-corrected chi connectivity index (χ1v) is 7.22. The first-order valence-electron chi connectivity index (χ1n) is 7.22. The number of nitriles is 1. The molecule has 0 unspecified atom stereocenters. The van der Waals surface area contributed by atoms with Gasteiger partial charge in [0.25, 0.3) is 5.91 Å². The molecule has 0 spiro atoms. The third-order valence-corrected chi connectivity index (χ3v) is 2.74. The minimum Gasteiger partial charge on any atom is -0.494 e. The zero-order chi connectivity index (χ0) is 15.7. The molecule has 0 aliphatic rings. The average molecular weight is 286 g/mol. The summed E-state index contributed by atoms with van der Waals surface area (Å²) < 4.78 is 5.57. The molecular weight excluding hydrogens is 264 g/mol. The highest BCUT2D eigenvalue weighted by Crippen LogP contribution is 2.15. The molecule has 112 valence electrons. The van der Waals surface area contributed by atoms with E-state index < -0.39 is 0 Å². The molecule has 0 radical (unpaired) electrons. The van der Waals surface area contributed by atoms with Crippen molar-refractivity contribution < 1.29 is 9.53 Å². The third kappa shape index (κ3) is 6.13. The molecule has 4 heteroatoms. The normalized spacial score (nSPS) is 11.1. The summed E-state index contributed by atoms with van der Waals surface area (Å²) in [6.45, 7) is 6.53. The molecule has 1 N–H and O–H groups in total. The third-order valence-electron chi connectivity index (χ3n) is 2.74. The van der Waals surface area contributed by atoms with Gasteiger partial charge in [-0.3, -0.25) is 4.79 Å². The van der Waals surface area contributed by atoms with Crippen LogP contribution in [0.15, 0.2) is 29.8 Å². The maximum atomic E-state index is 11.8. The fourth-order valence-electron chi connectivity index (χ4n) is 1.65. The van der Waals surface area contributed by atoms with Crippen LogP contribution in [-0.2, 0) is 4.79 Å². The largest absolute Gasteiger partial charge is 0.494 e. The highest BCUT2D eigenvalue weighted by Gasteiger charge is 2.09. The van der Waals surface area contributed by atoms with E-state index in [4.69, 9.17) is 10.00 Å². The van der Waals surface area contributed by atoms with Crippen LogP contribution < -0.4 is 10.1 Å². The van der Waals surface area contributed by atoms with Gasteiger partial charge >= 0.3 is 0 Å². The Morgan fingerprint density at radius 3 is 2.57 bits per heavy atom. The lowest BCUT2D eigenvalue weighted by molar-refractivity contribution is -0.117. The van der Waals surface area contributed by atoms with Crippen molar-refractivity contribution in [3.63, 3.8) is 0 Å². The molecule has 0 aliphatic heterocycles. The second-order valence-corrected chi connectivity index (χ2v) is 5.07. The van der Waals surface area contributed by atoms with Crippen LogP contribution in [0.2, 0.25) is 0 Å². The quantitative estimate of drug-likeness (QED) is 0.475. The Morgan fingerprint density at radius 1 is 1.38 bits per heavy atom. The van der Waals surface area contributed by atoms with Crippen LogP contribution in [-0.4, -0.2) is 18.6 Å². The maximum Gasteiger partial charge on any atom is 0.262 e. The van der Waals surface area contributed by atoms with E-state index in [0.29, 0.717) is 6.61 Å². The molecule has 0 atom stereocenters. The van der Waals surface area contributed by atoms with Gasteiger partial charge in [0.1, 0.15) is 17.4 Å². The molecule has 0 fully saturated rings. The summed E-state index contributed by atoms with van der Waals surface area (Å²) in [6, 6.07) is 9.29. The fourth-order valence-corrected chi connectivity index (χ4v) is 1.65. The average Bonchev–Trinajstić information content (AvgIpc) is 2.45. The number of ether oxygens (including phenoxy) is 1. The van der Waals surface area contributed by atoms with E-state index in [1.807, 2.05) is 44.2 Å². The Balaban J connectivity index is 2.74. The fraction of sp³-hybridized carbons (Fsp3) is 0.412. The summed E-state index contributed by atoms with van der Waals surface area (Å²) in [5.41, 5.74) is 0.900. The maximum absolute atomic E-state index is 11.8. The molecule has 0 heterocycles. The summed E-state index contributed by atoms with van der Waals surface area (Å²) in [6.07, 6.45) is 3.69. The lowest BCUT2D eigenvalue weighted by Gasteiger charge is -2.07. The van der Waals surface area contributed by atoms with E-state index >= 15 is 0 Å². The molecule has 1 aromatic rings. The van der Waals surface area contributed by atoms with Gasteiger partial charge in [-0.1, -0.05) is 25.5 Å². The Kier molecular flexibility index (Phi) is 7.03. The van der Waals surface area contributed by atoms with Crippen LogP contribution in [0, 0.1) is 11.3 Å². The van der Waals surface area contributed by atoms with Crippen LogP contribution in [0.4, 0.5) is 0 Å². The van der Waals surface area contributed by atoms with Crippen LogP contribution >= 0.6 is 0 Å². The number of benzene rings is 1. The number of carbonyl (C=O) groups is 1. The van der Waals surface area contributed by atoms with E-state index in [9.17, 15) is 4.79 Å². The molecule has 1 aromatic carbocycles.